The van der Waals surface area contributed by atoms with Gasteiger partial charge in [-0.25, -0.2) is 0 Å². The Bertz CT molecular complexity index is 698. The molecule has 23 heavy (non-hydrogen) atoms. The molecule has 0 radical (unpaired) electrons. The minimum atomic E-state index is 0.0525. The fraction of sp³-hybridized carbons (Fsp3) is 0.238. The number of ether oxygens (including phenoxy) is 2. The zero-order valence-electron chi connectivity index (χ0n) is 13.9. The van der Waals surface area contributed by atoms with Gasteiger partial charge >= 0.3 is 0 Å². The van der Waals surface area contributed by atoms with Crippen molar-refractivity contribution in [2.45, 2.75) is 19.3 Å². The van der Waals surface area contributed by atoms with E-state index in [2.05, 4.69) is 18.4 Å². The highest BCUT2D eigenvalue weighted by Gasteiger charge is 2.12. The molecule has 0 saturated heterocycles. The van der Waals surface area contributed by atoms with Gasteiger partial charge in [0.25, 0.3) is 0 Å². The van der Waals surface area contributed by atoms with E-state index in [0.29, 0.717) is 0 Å². The molecule has 0 saturated carbocycles. The molecule has 0 aliphatic rings. The monoisotopic (exact) mass is 306 g/mol. The van der Waals surface area contributed by atoms with Gasteiger partial charge < -0.3 is 9.47 Å². The van der Waals surface area contributed by atoms with Crippen LogP contribution in [0.25, 0.3) is 0 Å². The van der Waals surface area contributed by atoms with Gasteiger partial charge in [-0.3, -0.25) is 0 Å². The van der Waals surface area contributed by atoms with Crippen LogP contribution >= 0.6 is 0 Å². The average molecular weight is 306 g/mol. The molecule has 2 nitrogen and oxygen atoms in total. The van der Waals surface area contributed by atoms with Crippen LogP contribution < -0.4 is 9.47 Å². The second kappa shape index (κ2) is 8.10. The van der Waals surface area contributed by atoms with Gasteiger partial charge in [-0.05, 0) is 43.2 Å². The van der Waals surface area contributed by atoms with E-state index in [-0.39, 0.29) is 5.92 Å². The molecule has 0 aliphatic carbocycles. The quantitative estimate of drug-likeness (QED) is 0.583. The molecule has 118 valence electrons. The average Bonchev–Trinajstić information content (AvgIpc) is 2.58. The van der Waals surface area contributed by atoms with Crippen LogP contribution in [-0.4, -0.2) is 14.2 Å². The number of methoxy groups -OCH3 is 2. The number of benzene rings is 2. The van der Waals surface area contributed by atoms with Crippen LogP contribution in [0.2, 0.25) is 0 Å². The lowest BCUT2D eigenvalue weighted by Crippen LogP contribution is -1.99. The van der Waals surface area contributed by atoms with E-state index < -0.39 is 0 Å². The molecule has 0 amide bonds. The lowest BCUT2D eigenvalue weighted by atomic mass is 9.92. The van der Waals surface area contributed by atoms with Crippen LogP contribution in [0.15, 0.2) is 60.7 Å². The SMILES string of the molecule is C=C(C)CC(C#Cc1ccccc1)c1cc(OC)cc(OC)c1. The lowest BCUT2D eigenvalue weighted by Gasteiger charge is -2.14. The van der Waals surface area contributed by atoms with Crippen molar-refractivity contribution in [2.75, 3.05) is 14.2 Å². The third-order valence-electron chi connectivity index (χ3n) is 3.49. The van der Waals surface area contributed by atoms with Crippen molar-refractivity contribution in [2.24, 2.45) is 0 Å². The van der Waals surface area contributed by atoms with Crippen molar-refractivity contribution in [3.63, 3.8) is 0 Å². The number of hydrogen-bond donors (Lipinski definition) is 0. The molecule has 0 fully saturated rings. The van der Waals surface area contributed by atoms with Gasteiger partial charge in [-0.15, -0.1) is 6.58 Å². The molecular formula is C21H22O2. The molecule has 0 heterocycles. The minimum absolute atomic E-state index is 0.0525. The maximum Gasteiger partial charge on any atom is 0.122 e. The summed E-state index contributed by atoms with van der Waals surface area (Å²) in [6, 6.07) is 15.9. The first-order valence-corrected chi connectivity index (χ1v) is 7.56. The highest BCUT2D eigenvalue weighted by Crippen LogP contribution is 2.30. The van der Waals surface area contributed by atoms with Crippen molar-refractivity contribution < 1.29 is 9.47 Å². The second-order valence-corrected chi connectivity index (χ2v) is 5.50. The Kier molecular flexibility index (Phi) is 5.88. The van der Waals surface area contributed by atoms with Gasteiger partial charge in [0.2, 0.25) is 0 Å². The predicted molar refractivity (Wildman–Crippen MR) is 95.0 cm³/mol. The second-order valence-electron chi connectivity index (χ2n) is 5.50. The van der Waals surface area contributed by atoms with Crippen LogP contribution in [0.5, 0.6) is 11.5 Å². The summed E-state index contributed by atoms with van der Waals surface area (Å²) in [6.45, 7) is 6.05. The standard InChI is InChI=1S/C21H22O2/c1-16(2)12-18(11-10-17-8-6-5-7-9-17)19-13-20(22-3)15-21(14-19)23-4/h5-9,13-15,18H,1,12H2,2-4H3. The van der Waals surface area contributed by atoms with Gasteiger partial charge in [-0.2, -0.15) is 0 Å². The van der Waals surface area contributed by atoms with Crippen molar-refractivity contribution in [1.82, 2.24) is 0 Å². The van der Waals surface area contributed by atoms with E-state index in [1.165, 1.54) is 0 Å². The largest absolute Gasteiger partial charge is 0.497 e. The molecule has 0 bridgehead atoms. The normalized spacial score (nSPS) is 11.1. The van der Waals surface area contributed by atoms with E-state index in [0.717, 1.165) is 34.6 Å². The number of hydrogen-bond acceptors (Lipinski definition) is 2. The molecule has 2 heteroatoms. The Morgan fingerprint density at radius 3 is 2.17 bits per heavy atom. The van der Waals surface area contributed by atoms with Crippen molar-refractivity contribution in [3.8, 4) is 23.3 Å². The summed E-state index contributed by atoms with van der Waals surface area (Å²) in [5.41, 5.74) is 3.18. The maximum absolute atomic E-state index is 5.36. The number of allylic oxidation sites excluding steroid dienone is 1. The van der Waals surface area contributed by atoms with Gasteiger partial charge in [0, 0.05) is 17.5 Å². The molecule has 1 atom stereocenters. The Morgan fingerprint density at radius 2 is 1.65 bits per heavy atom. The molecule has 0 spiro atoms. The summed E-state index contributed by atoms with van der Waals surface area (Å²) in [7, 11) is 3.31. The third-order valence-corrected chi connectivity index (χ3v) is 3.49. The van der Waals surface area contributed by atoms with Crippen LogP contribution in [0, 0.1) is 11.8 Å². The minimum Gasteiger partial charge on any atom is -0.497 e. The molecule has 0 aromatic heterocycles. The zero-order chi connectivity index (χ0) is 16.7. The summed E-state index contributed by atoms with van der Waals surface area (Å²) in [4.78, 5) is 0. The van der Waals surface area contributed by atoms with Crippen molar-refractivity contribution in [3.05, 3.63) is 71.8 Å². The lowest BCUT2D eigenvalue weighted by molar-refractivity contribution is 0.393. The van der Waals surface area contributed by atoms with Gasteiger partial charge in [0.15, 0.2) is 0 Å². The van der Waals surface area contributed by atoms with E-state index in [1.807, 2.05) is 55.5 Å². The Balaban J connectivity index is 2.39. The van der Waals surface area contributed by atoms with Crippen LogP contribution in [0.3, 0.4) is 0 Å². The fourth-order valence-corrected chi connectivity index (χ4v) is 2.32. The van der Waals surface area contributed by atoms with Crippen molar-refractivity contribution >= 4 is 0 Å². The van der Waals surface area contributed by atoms with Crippen molar-refractivity contribution in [1.29, 1.82) is 0 Å². The Morgan fingerprint density at radius 1 is 1.04 bits per heavy atom. The summed E-state index contributed by atoms with van der Waals surface area (Å²) in [5.74, 6) is 8.21. The highest BCUT2D eigenvalue weighted by atomic mass is 16.5. The van der Waals surface area contributed by atoms with E-state index in [9.17, 15) is 0 Å². The third kappa shape index (κ3) is 4.93. The van der Waals surface area contributed by atoms with E-state index >= 15 is 0 Å². The van der Waals surface area contributed by atoms with Crippen LogP contribution in [0.4, 0.5) is 0 Å². The summed E-state index contributed by atoms with van der Waals surface area (Å²) < 4.78 is 10.7. The van der Waals surface area contributed by atoms with E-state index in [1.54, 1.807) is 14.2 Å². The smallest absolute Gasteiger partial charge is 0.122 e. The molecule has 1 unspecified atom stereocenters. The summed E-state index contributed by atoms with van der Waals surface area (Å²) in [5, 5.41) is 0. The zero-order valence-corrected chi connectivity index (χ0v) is 13.9. The molecule has 0 aliphatic heterocycles. The summed E-state index contributed by atoms with van der Waals surface area (Å²) in [6.07, 6.45) is 0.802. The molecule has 0 N–H and O–H groups in total. The molecule has 2 aromatic carbocycles. The van der Waals surface area contributed by atoms with Crippen LogP contribution in [-0.2, 0) is 0 Å². The van der Waals surface area contributed by atoms with Gasteiger partial charge in [0.05, 0.1) is 14.2 Å². The fourth-order valence-electron chi connectivity index (χ4n) is 2.32. The predicted octanol–water partition coefficient (Wildman–Crippen LogP) is 4.81. The van der Waals surface area contributed by atoms with Gasteiger partial charge in [0.1, 0.15) is 11.5 Å². The Labute approximate surface area is 138 Å². The summed E-state index contributed by atoms with van der Waals surface area (Å²) >= 11 is 0. The van der Waals surface area contributed by atoms with Gasteiger partial charge in [-0.1, -0.05) is 35.6 Å². The maximum atomic E-state index is 5.36. The number of rotatable bonds is 5. The topological polar surface area (TPSA) is 18.5 Å². The first-order valence-electron chi connectivity index (χ1n) is 7.56. The highest BCUT2D eigenvalue weighted by molar-refractivity contribution is 5.44. The first-order chi connectivity index (χ1) is 11.1. The molecule has 2 rings (SSSR count). The molecular weight excluding hydrogens is 284 g/mol. The van der Waals surface area contributed by atoms with E-state index in [4.69, 9.17) is 9.47 Å². The first kappa shape index (κ1) is 16.7. The molecule has 2 aromatic rings. The van der Waals surface area contributed by atoms with Crippen LogP contribution in [0.1, 0.15) is 30.4 Å². The Hall–Kier alpha value is -2.66.